The van der Waals surface area contributed by atoms with E-state index in [2.05, 4.69) is 72.6 Å². The summed E-state index contributed by atoms with van der Waals surface area (Å²) in [5.74, 6) is 0.965. The Balaban J connectivity index is 1.70. The largest absolute Gasteiger partial charge is 0.378 e. The smallest absolute Gasteiger partial charge is 0.131 e. The van der Waals surface area contributed by atoms with E-state index in [0.717, 1.165) is 54.3 Å². The molecule has 1 aromatic heterocycles. The summed E-state index contributed by atoms with van der Waals surface area (Å²) in [5.41, 5.74) is 10.0. The van der Waals surface area contributed by atoms with E-state index in [1.54, 1.807) is 0 Å². The summed E-state index contributed by atoms with van der Waals surface area (Å²) in [6.07, 6.45) is 1.86. The Hall–Kier alpha value is -2.92. The number of pyridine rings is 1. The van der Waals surface area contributed by atoms with Crippen molar-refractivity contribution >= 4 is 28.6 Å². The number of benzene rings is 2. The van der Waals surface area contributed by atoms with Gasteiger partial charge in [-0.2, -0.15) is 5.10 Å². The van der Waals surface area contributed by atoms with Gasteiger partial charge in [-0.3, -0.25) is 5.43 Å². The molecule has 5 heteroatoms. The van der Waals surface area contributed by atoms with Crippen LogP contribution in [0.15, 0.2) is 47.6 Å². The quantitative estimate of drug-likeness (QED) is 0.542. The molecule has 1 N–H and O–H groups in total. The van der Waals surface area contributed by atoms with E-state index in [9.17, 15) is 0 Å². The van der Waals surface area contributed by atoms with Crippen LogP contribution in [0.4, 0.5) is 11.5 Å². The van der Waals surface area contributed by atoms with Crippen molar-refractivity contribution in [3.05, 3.63) is 64.7 Å². The van der Waals surface area contributed by atoms with E-state index < -0.39 is 0 Å². The first kappa shape index (κ1) is 18.4. The molecule has 0 unspecified atom stereocenters. The second kappa shape index (κ2) is 7.98. The number of nitrogens with one attached hydrogen (secondary N) is 1. The van der Waals surface area contributed by atoms with Gasteiger partial charge in [0.15, 0.2) is 0 Å². The number of ether oxygens (including phenoxy) is 1. The van der Waals surface area contributed by atoms with Crippen LogP contribution < -0.4 is 10.3 Å². The Morgan fingerprint density at radius 1 is 1.04 bits per heavy atom. The summed E-state index contributed by atoms with van der Waals surface area (Å²) in [7, 11) is 0. The van der Waals surface area contributed by atoms with Crippen molar-refractivity contribution in [2.24, 2.45) is 5.10 Å². The Morgan fingerprint density at radius 3 is 2.61 bits per heavy atom. The number of fused-ring (bicyclic) bond motifs is 1. The van der Waals surface area contributed by atoms with E-state index >= 15 is 0 Å². The molecule has 4 rings (SSSR count). The Bertz CT molecular complexity index is 1020. The number of aryl methyl sites for hydroxylation is 3. The van der Waals surface area contributed by atoms with E-state index in [1.165, 1.54) is 16.7 Å². The van der Waals surface area contributed by atoms with Crippen molar-refractivity contribution in [1.82, 2.24) is 4.98 Å². The van der Waals surface area contributed by atoms with Gasteiger partial charge in [0.05, 0.1) is 30.6 Å². The van der Waals surface area contributed by atoms with Crippen LogP contribution in [0.1, 0.15) is 22.3 Å². The summed E-state index contributed by atoms with van der Waals surface area (Å²) in [6.45, 7) is 9.53. The number of nitrogens with zero attached hydrogens (tertiary/aromatic N) is 3. The summed E-state index contributed by atoms with van der Waals surface area (Å²) in [5, 5.41) is 5.58. The average molecular weight is 374 g/mol. The van der Waals surface area contributed by atoms with E-state index in [1.807, 2.05) is 12.3 Å². The number of aromatic nitrogens is 1. The molecule has 0 spiro atoms. The third-order valence-electron chi connectivity index (χ3n) is 5.19. The minimum absolute atomic E-state index is 0.737. The number of hydrazone groups is 1. The first-order valence-corrected chi connectivity index (χ1v) is 9.70. The lowest BCUT2D eigenvalue weighted by atomic mass is 10.0. The minimum atomic E-state index is 0.737. The van der Waals surface area contributed by atoms with Crippen LogP contribution in [0, 0.1) is 20.8 Å². The number of rotatable bonds is 4. The predicted octanol–water partition coefficient (Wildman–Crippen LogP) is 4.44. The molecule has 2 aromatic carbocycles. The molecule has 28 heavy (non-hydrogen) atoms. The second-order valence-corrected chi connectivity index (χ2v) is 7.37. The molecule has 0 amide bonds. The van der Waals surface area contributed by atoms with Crippen LogP contribution in [-0.2, 0) is 4.74 Å². The van der Waals surface area contributed by atoms with Gasteiger partial charge in [-0.15, -0.1) is 0 Å². The molecule has 1 aliphatic heterocycles. The third-order valence-corrected chi connectivity index (χ3v) is 5.19. The first-order valence-electron chi connectivity index (χ1n) is 9.70. The first-order chi connectivity index (χ1) is 13.6. The lowest BCUT2D eigenvalue weighted by molar-refractivity contribution is 0.122. The average Bonchev–Trinajstić information content (AvgIpc) is 2.70. The number of anilines is 2. The summed E-state index contributed by atoms with van der Waals surface area (Å²) in [4.78, 5) is 7.19. The van der Waals surface area contributed by atoms with Crippen LogP contribution >= 0.6 is 0 Å². The third kappa shape index (κ3) is 3.99. The van der Waals surface area contributed by atoms with Crippen molar-refractivity contribution < 1.29 is 4.74 Å². The normalized spacial score (nSPS) is 14.8. The molecule has 3 aromatic rings. The fraction of sp³-hybridized carbons (Fsp3) is 0.304. The molecule has 1 fully saturated rings. The maximum Gasteiger partial charge on any atom is 0.131 e. The summed E-state index contributed by atoms with van der Waals surface area (Å²) >= 11 is 0. The molecule has 5 nitrogen and oxygen atoms in total. The molecule has 0 aliphatic carbocycles. The minimum Gasteiger partial charge on any atom is -0.378 e. The lowest BCUT2D eigenvalue weighted by Crippen LogP contribution is -2.36. The van der Waals surface area contributed by atoms with Gasteiger partial charge in [-0.05, 0) is 49.6 Å². The molecule has 1 saturated heterocycles. The Kier molecular flexibility index (Phi) is 5.26. The van der Waals surface area contributed by atoms with Gasteiger partial charge in [0, 0.05) is 24.5 Å². The Labute approximate surface area is 166 Å². The molecular weight excluding hydrogens is 348 g/mol. The molecular formula is C23H26N4O. The van der Waals surface area contributed by atoms with Gasteiger partial charge in [0.1, 0.15) is 5.82 Å². The molecule has 1 aliphatic rings. The summed E-state index contributed by atoms with van der Waals surface area (Å²) < 4.78 is 5.49. The number of hydrogen-bond acceptors (Lipinski definition) is 5. The molecule has 2 heterocycles. The van der Waals surface area contributed by atoms with Gasteiger partial charge in [0.25, 0.3) is 0 Å². The predicted molar refractivity (Wildman–Crippen MR) is 117 cm³/mol. The zero-order chi connectivity index (χ0) is 19.5. The molecule has 0 radical (unpaired) electrons. The van der Waals surface area contributed by atoms with Crippen LogP contribution in [0.3, 0.4) is 0 Å². The zero-order valence-electron chi connectivity index (χ0n) is 16.7. The highest BCUT2D eigenvalue weighted by Crippen LogP contribution is 2.30. The maximum absolute atomic E-state index is 5.49. The highest BCUT2D eigenvalue weighted by molar-refractivity contribution is 5.94. The fourth-order valence-electron chi connectivity index (χ4n) is 3.45. The van der Waals surface area contributed by atoms with Gasteiger partial charge in [-0.1, -0.05) is 29.8 Å². The lowest BCUT2D eigenvalue weighted by Gasteiger charge is -2.28. The van der Waals surface area contributed by atoms with Crippen LogP contribution in [0.25, 0.3) is 10.9 Å². The van der Waals surface area contributed by atoms with Gasteiger partial charge in [-0.25, -0.2) is 4.98 Å². The van der Waals surface area contributed by atoms with Crippen molar-refractivity contribution in [2.45, 2.75) is 20.8 Å². The maximum atomic E-state index is 5.49. The SMILES string of the molecule is Cc1cccc(/C=N/Nc2cc(N3CCOCC3)nc3cc(C)c(C)cc23)c1. The van der Waals surface area contributed by atoms with Crippen molar-refractivity contribution in [1.29, 1.82) is 0 Å². The van der Waals surface area contributed by atoms with E-state index in [-0.39, 0.29) is 0 Å². The molecule has 0 bridgehead atoms. The topological polar surface area (TPSA) is 49.8 Å². The van der Waals surface area contributed by atoms with Gasteiger partial charge in [0.2, 0.25) is 0 Å². The standard InChI is InChI=1S/C23H26N4O/c1-16-5-4-6-19(11-16)15-24-26-22-14-23(27-7-9-28-10-8-27)25-21-13-18(3)17(2)12-20(21)22/h4-6,11-15H,7-10H2,1-3H3,(H,25,26)/b24-15+. The van der Waals surface area contributed by atoms with Gasteiger partial charge >= 0.3 is 0 Å². The zero-order valence-corrected chi connectivity index (χ0v) is 16.7. The number of morpholine rings is 1. The van der Waals surface area contributed by atoms with Crippen LogP contribution in [-0.4, -0.2) is 37.5 Å². The number of hydrogen-bond donors (Lipinski definition) is 1. The highest BCUT2D eigenvalue weighted by atomic mass is 16.5. The van der Waals surface area contributed by atoms with Crippen molar-refractivity contribution in [2.75, 3.05) is 36.6 Å². The molecule has 0 atom stereocenters. The summed E-state index contributed by atoms with van der Waals surface area (Å²) in [6, 6.07) is 14.7. The molecule has 144 valence electrons. The Morgan fingerprint density at radius 2 is 1.82 bits per heavy atom. The van der Waals surface area contributed by atoms with E-state index in [0.29, 0.717) is 0 Å². The van der Waals surface area contributed by atoms with Crippen molar-refractivity contribution in [3.63, 3.8) is 0 Å². The van der Waals surface area contributed by atoms with E-state index in [4.69, 9.17) is 9.72 Å². The van der Waals surface area contributed by atoms with Crippen molar-refractivity contribution in [3.8, 4) is 0 Å². The van der Waals surface area contributed by atoms with Gasteiger partial charge < -0.3 is 9.64 Å². The molecule has 0 saturated carbocycles. The second-order valence-electron chi connectivity index (χ2n) is 7.37. The fourth-order valence-corrected chi connectivity index (χ4v) is 3.45. The highest BCUT2D eigenvalue weighted by Gasteiger charge is 2.15. The van der Waals surface area contributed by atoms with Crippen LogP contribution in [0.5, 0.6) is 0 Å². The monoisotopic (exact) mass is 374 g/mol. The van der Waals surface area contributed by atoms with Crippen LogP contribution in [0.2, 0.25) is 0 Å².